The standard InChI is InChI=1S/C42H56N2O4SSi/c1-30(2)50(31(3)4,32(5)6)48-37-19-20-38-39(29-37)49-42(34-13-17-36(18-14-34)47-28-26-44-23-9-10-24-44)40(38)41(45)33-11-15-35(16-12-33)46-27-25-43-21-7-8-22-43/h11-20,29-32H,7-10,21-28H2,1-6H3. The Morgan fingerprint density at radius 2 is 1.16 bits per heavy atom. The first-order chi connectivity index (χ1) is 24.2. The highest BCUT2D eigenvalue weighted by Crippen LogP contribution is 2.45. The summed E-state index contributed by atoms with van der Waals surface area (Å²) in [6, 6.07) is 22.3. The summed E-state index contributed by atoms with van der Waals surface area (Å²) >= 11 is 1.67. The molecule has 0 unspecified atom stereocenters. The predicted molar refractivity (Wildman–Crippen MR) is 211 cm³/mol. The molecule has 8 heteroatoms. The third-order valence-electron chi connectivity index (χ3n) is 10.9. The molecule has 4 aromatic rings. The van der Waals surface area contributed by atoms with Crippen LogP contribution < -0.4 is 13.9 Å². The highest BCUT2D eigenvalue weighted by Gasteiger charge is 2.47. The van der Waals surface area contributed by atoms with Crippen LogP contribution in [0.3, 0.4) is 0 Å². The molecule has 0 amide bonds. The fraction of sp³-hybridized carbons (Fsp3) is 0.500. The Labute approximate surface area is 304 Å². The van der Waals surface area contributed by atoms with E-state index in [4.69, 9.17) is 13.9 Å². The average Bonchev–Trinajstić information content (AvgIpc) is 3.89. The van der Waals surface area contributed by atoms with Crippen LogP contribution in [-0.2, 0) is 0 Å². The zero-order valence-corrected chi connectivity index (χ0v) is 32.8. The van der Waals surface area contributed by atoms with Crippen molar-refractivity contribution in [2.45, 2.75) is 83.8 Å². The van der Waals surface area contributed by atoms with Gasteiger partial charge in [0, 0.05) is 39.2 Å². The van der Waals surface area contributed by atoms with Crippen molar-refractivity contribution in [3.05, 3.63) is 77.9 Å². The molecule has 2 aliphatic heterocycles. The summed E-state index contributed by atoms with van der Waals surface area (Å²) in [6.45, 7) is 21.8. The topological polar surface area (TPSA) is 51.2 Å². The zero-order valence-electron chi connectivity index (χ0n) is 31.0. The van der Waals surface area contributed by atoms with Gasteiger partial charge in [0.25, 0.3) is 8.32 Å². The highest BCUT2D eigenvalue weighted by atomic mass is 32.1. The van der Waals surface area contributed by atoms with Gasteiger partial charge in [0.1, 0.15) is 30.5 Å². The van der Waals surface area contributed by atoms with Crippen LogP contribution in [0.25, 0.3) is 20.5 Å². The third-order valence-corrected chi connectivity index (χ3v) is 18.1. The molecular formula is C42H56N2O4SSi. The minimum absolute atomic E-state index is 0.0183. The molecule has 6 rings (SSSR count). The van der Waals surface area contributed by atoms with Crippen LogP contribution >= 0.6 is 11.3 Å². The summed E-state index contributed by atoms with van der Waals surface area (Å²) in [4.78, 5) is 20.3. The first-order valence-corrected chi connectivity index (χ1v) is 21.8. The van der Waals surface area contributed by atoms with E-state index < -0.39 is 8.32 Å². The monoisotopic (exact) mass is 712 g/mol. The Hall–Kier alpha value is -3.17. The fourth-order valence-corrected chi connectivity index (χ4v) is 14.7. The predicted octanol–water partition coefficient (Wildman–Crippen LogP) is 10.3. The van der Waals surface area contributed by atoms with Crippen molar-refractivity contribution in [1.29, 1.82) is 0 Å². The summed E-state index contributed by atoms with van der Waals surface area (Å²) in [7, 11) is -2.14. The molecule has 2 saturated heterocycles. The maximum atomic E-state index is 14.4. The van der Waals surface area contributed by atoms with Crippen molar-refractivity contribution in [2.75, 3.05) is 52.5 Å². The van der Waals surface area contributed by atoms with E-state index >= 15 is 0 Å². The minimum Gasteiger partial charge on any atom is -0.543 e. The van der Waals surface area contributed by atoms with E-state index in [-0.39, 0.29) is 5.78 Å². The molecule has 0 bridgehead atoms. The van der Waals surface area contributed by atoms with Crippen molar-refractivity contribution in [2.24, 2.45) is 0 Å². The number of hydrogen-bond donors (Lipinski definition) is 0. The number of carbonyl (C=O) groups excluding carboxylic acids is 1. The smallest absolute Gasteiger partial charge is 0.258 e. The Kier molecular flexibility index (Phi) is 12.0. The van der Waals surface area contributed by atoms with Crippen molar-refractivity contribution in [1.82, 2.24) is 9.80 Å². The lowest BCUT2D eigenvalue weighted by Crippen LogP contribution is -2.50. The number of likely N-dealkylation sites (tertiary alicyclic amines) is 2. The number of fused-ring (bicyclic) bond motifs is 1. The van der Waals surface area contributed by atoms with E-state index in [9.17, 15) is 4.79 Å². The van der Waals surface area contributed by atoms with Gasteiger partial charge in [-0.15, -0.1) is 11.3 Å². The average molecular weight is 713 g/mol. The van der Waals surface area contributed by atoms with E-state index in [0.717, 1.165) is 69.5 Å². The van der Waals surface area contributed by atoms with Gasteiger partial charge in [-0.2, -0.15) is 0 Å². The molecule has 2 fully saturated rings. The van der Waals surface area contributed by atoms with Crippen LogP contribution in [-0.4, -0.2) is 76.4 Å². The summed E-state index contributed by atoms with van der Waals surface area (Å²) in [5.41, 5.74) is 3.82. The molecular weight excluding hydrogens is 657 g/mol. The van der Waals surface area contributed by atoms with Gasteiger partial charge >= 0.3 is 0 Å². The molecule has 0 N–H and O–H groups in total. The van der Waals surface area contributed by atoms with Gasteiger partial charge in [-0.05, 0) is 141 Å². The lowest BCUT2D eigenvalue weighted by Gasteiger charge is -2.42. The number of benzene rings is 3. The molecule has 268 valence electrons. The Morgan fingerprint density at radius 1 is 0.680 bits per heavy atom. The van der Waals surface area contributed by atoms with Crippen LogP contribution in [0.1, 0.15) is 83.1 Å². The molecule has 50 heavy (non-hydrogen) atoms. The van der Waals surface area contributed by atoms with Crippen LogP contribution in [0.15, 0.2) is 66.7 Å². The van der Waals surface area contributed by atoms with Crippen LogP contribution in [0.4, 0.5) is 0 Å². The molecule has 0 atom stereocenters. The van der Waals surface area contributed by atoms with Crippen molar-refractivity contribution in [3.8, 4) is 27.7 Å². The molecule has 3 heterocycles. The molecule has 6 nitrogen and oxygen atoms in total. The van der Waals surface area contributed by atoms with Gasteiger partial charge in [-0.25, -0.2) is 0 Å². The highest BCUT2D eigenvalue weighted by molar-refractivity contribution is 7.22. The molecule has 1 aromatic heterocycles. The number of hydrogen-bond acceptors (Lipinski definition) is 7. The normalized spacial score (nSPS) is 15.9. The molecule has 2 aliphatic rings. The summed E-state index contributed by atoms with van der Waals surface area (Å²) in [6.07, 6.45) is 5.12. The van der Waals surface area contributed by atoms with E-state index in [1.165, 1.54) is 38.8 Å². The maximum Gasteiger partial charge on any atom is 0.258 e. The summed E-state index contributed by atoms with van der Waals surface area (Å²) in [5, 5.41) is 0.963. The van der Waals surface area contributed by atoms with E-state index in [1.807, 2.05) is 36.4 Å². The second kappa shape index (κ2) is 16.4. The first kappa shape index (κ1) is 36.6. The van der Waals surface area contributed by atoms with Crippen molar-refractivity contribution in [3.63, 3.8) is 0 Å². The second-order valence-corrected chi connectivity index (χ2v) is 21.5. The van der Waals surface area contributed by atoms with Crippen LogP contribution in [0, 0.1) is 0 Å². The fourth-order valence-electron chi connectivity index (χ4n) is 8.27. The quantitative estimate of drug-likeness (QED) is 0.0852. The SMILES string of the molecule is CC(C)[Si](Oc1ccc2c(C(=O)c3ccc(OCCN4CCCC4)cc3)c(-c3ccc(OCCN4CCCC4)cc3)sc2c1)(C(C)C)C(C)C. The van der Waals surface area contributed by atoms with Crippen molar-refractivity contribution < 1.29 is 18.7 Å². The van der Waals surface area contributed by atoms with E-state index in [0.29, 0.717) is 35.4 Å². The molecule has 3 aromatic carbocycles. The van der Waals surface area contributed by atoms with Gasteiger partial charge in [0.05, 0.1) is 0 Å². The van der Waals surface area contributed by atoms with Gasteiger partial charge in [0.2, 0.25) is 0 Å². The lowest BCUT2D eigenvalue weighted by atomic mass is 9.97. The first-order valence-electron chi connectivity index (χ1n) is 18.9. The zero-order chi connectivity index (χ0) is 35.3. The number of nitrogens with zero attached hydrogens (tertiary/aromatic N) is 2. The number of thiophene rings is 1. The summed E-state index contributed by atoms with van der Waals surface area (Å²) in [5.74, 6) is 2.58. The Morgan fingerprint density at radius 3 is 1.66 bits per heavy atom. The van der Waals surface area contributed by atoms with Gasteiger partial charge in [0.15, 0.2) is 5.78 Å². The molecule has 0 aliphatic carbocycles. The molecule has 0 radical (unpaired) electrons. The number of rotatable bonds is 16. The summed E-state index contributed by atoms with van der Waals surface area (Å²) < 4.78 is 20.3. The van der Waals surface area contributed by atoms with Crippen LogP contribution in [0.5, 0.6) is 17.2 Å². The third kappa shape index (κ3) is 8.14. The second-order valence-electron chi connectivity index (χ2n) is 15.1. The van der Waals surface area contributed by atoms with Gasteiger partial charge in [-0.3, -0.25) is 14.6 Å². The van der Waals surface area contributed by atoms with Gasteiger partial charge < -0.3 is 13.9 Å². The van der Waals surface area contributed by atoms with Gasteiger partial charge in [-0.1, -0.05) is 41.5 Å². The van der Waals surface area contributed by atoms with Crippen LogP contribution in [0.2, 0.25) is 16.6 Å². The Balaban J connectivity index is 1.28. The molecule has 0 spiro atoms. The number of carbonyl (C=O) groups is 1. The minimum atomic E-state index is -2.14. The Bertz CT molecular complexity index is 1680. The molecule has 0 saturated carbocycles. The van der Waals surface area contributed by atoms with Crippen molar-refractivity contribution >= 4 is 35.5 Å². The largest absolute Gasteiger partial charge is 0.543 e. The maximum absolute atomic E-state index is 14.4. The number of ketones is 1. The van der Waals surface area contributed by atoms with E-state index in [2.05, 4.69) is 81.7 Å². The number of ether oxygens (including phenoxy) is 2. The lowest BCUT2D eigenvalue weighted by molar-refractivity contribution is 0.104. The van der Waals surface area contributed by atoms with E-state index in [1.54, 1.807) is 11.3 Å².